The normalized spacial score (nSPS) is 11.9. The van der Waals surface area contributed by atoms with Crippen LogP contribution in [0.2, 0.25) is 5.02 Å². The van der Waals surface area contributed by atoms with Crippen LogP contribution in [0.25, 0.3) is 0 Å². The Morgan fingerprint density at radius 3 is 2.57 bits per heavy atom. The molecule has 1 amide bonds. The van der Waals surface area contributed by atoms with Crippen molar-refractivity contribution in [3.63, 3.8) is 0 Å². The Morgan fingerprint density at radius 2 is 2.00 bits per heavy atom. The van der Waals surface area contributed by atoms with Gasteiger partial charge < -0.3 is 10.6 Å². The predicted molar refractivity (Wildman–Crippen MR) is 94.5 cm³/mol. The quantitative estimate of drug-likeness (QED) is 0.762. The molecule has 1 atom stereocenters. The van der Waals surface area contributed by atoms with Gasteiger partial charge in [-0.15, -0.1) is 24.2 Å². The zero-order valence-electron chi connectivity index (χ0n) is 12.7. The molecular weight excluding hydrogens is 327 g/mol. The van der Waals surface area contributed by atoms with Crippen molar-refractivity contribution in [3.05, 3.63) is 29.3 Å². The summed E-state index contributed by atoms with van der Waals surface area (Å²) in [6.45, 7) is 4.89. The van der Waals surface area contributed by atoms with Gasteiger partial charge in [0.2, 0.25) is 5.91 Å². The van der Waals surface area contributed by atoms with E-state index in [1.54, 1.807) is 4.90 Å². The van der Waals surface area contributed by atoms with Crippen molar-refractivity contribution in [2.75, 3.05) is 19.3 Å². The van der Waals surface area contributed by atoms with Crippen LogP contribution in [-0.2, 0) is 4.79 Å². The van der Waals surface area contributed by atoms with E-state index < -0.39 is 0 Å². The van der Waals surface area contributed by atoms with E-state index in [-0.39, 0.29) is 24.4 Å². The molecule has 1 aromatic rings. The Labute approximate surface area is 143 Å². The largest absolute Gasteiger partial charge is 0.345 e. The highest BCUT2D eigenvalue weighted by Gasteiger charge is 2.13. The number of hydrogen-bond donors (Lipinski definition) is 1. The van der Waals surface area contributed by atoms with E-state index in [2.05, 4.69) is 13.8 Å². The minimum Gasteiger partial charge on any atom is -0.345 e. The molecule has 0 aromatic heterocycles. The molecule has 0 aliphatic rings. The maximum Gasteiger partial charge on any atom is 0.232 e. The van der Waals surface area contributed by atoms with Crippen molar-refractivity contribution in [1.82, 2.24) is 4.90 Å². The summed E-state index contributed by atoms with van der Waals surface area (Å²) in [4.78, 5) is 14.7. The first-order valence-electron chi connectivity index (χ1n) is 6.78. The number of carbonyl (C=O) groups excluding carboxylic acids is 1. The zero-order valence-corrected chi connectivity index (χ0v) is 15.1. The Balaban J connectivity index is 0.00000400. The second kappa shape index (κ2) is 10.3. The summed E-state index contributed by atoms with van der Waals surface area (Å²) in [7, 11) is 1.82. The van der Waals surface area contributed by atoms with Crippen molar-refractivity contribution in [2.45, 2.75) is 31.2 Å². The van der Waals surface area contributed by atoms with E-state index in [0.717, 1.165) is 11.3 Å². The van der Waals surface area contributed by atoms with Gasteiger partial charge in [-0.3, -0.25) is 4.79 Å². The average Bonchev–Trinajstić information content (AvgIpc) is 2.42. The molecule has 0 aliphatic heterocycles. The van der Waals surface area contributed by atoms with Crippen molar-refractivity contribution in [2.24, 2.45) is 11.7 Å². The third-order valence-electron chi connectivity index (χ3n) is 3.27. The van der Waals surface area contributed by atoms with E-state index in [1.807, 2.05) is 31.3 Å². The first-order valence-corrected chi connectivity index (χ1v) is 8.15. The molecular formula is C15H24Cl2N2OS. The number of nitrogens with zero attached hydrogens (tertiary/aromatic N) is 1. The molecule has 1 rings (SSSR count). The summed E-state index contributed by atoms with van der Waals surface area (Å²) in [5.74, 6) is 0.943. The van der Waals surface area contributed by atoms with Crippen molar-refractivity contribution in [1.29, 1.82) is 0 Å². The van der Waals surface area contributed by atoms with Gasteiger partial charge in [-0.25, -0.2) is 0 Å². The molecule has 2 N–H and O–H groups in total. The van der Waals surface area contributed by atoms with E-state index in [4.69, 9.17) is 17.3 Å². The number of nitrogens with two attached hydrogens (primary N) is 1. The highest BCUT2D eigenvalue weighted by molar-refractivity contribution is 8.00. The lowest BCUT2D eigenvalue weighted by Crippen LogP contribution is -2.35. The van der Waals surface area contributed by atoms with Crippen LogP contribution in [0.3, 0.4) is 0 Å². The van der Waals surface area contributed by atoms with Gasteiger partial charge >= 0.3 is 0 Å². The van der Waals surface area contributed by atoms with E-state index in [9.17, 15) is 4.79 Å². The molecule has 0 saturated heterocycles. The van der Waals surface area contributed by atoms with Crippen LogP contribution in [0.1, 0.15) is 20.3 Å². The molecule has 0 aliphatic carbocycles. The summed E-state index contributed by atoms with van der Waals surface area (Å²) >= 11 is 7.53. The minimum atomic E-state index is 0. The topological polar surface area (TPSA) is 46.3 Å². The summed E-state index contributed by atoms with van der Waals surface area (Å²) in [6, 6.07) is 7.70. The van der Waals surface area contributed by atoms with Gasteiger partial charge in [0, 0.05) is 24.5 Å². The molecule has 3 nitrogen and oxygen atoms in total. The molecule has 6 heteroatoms. The van der Waals surface area contributed by atoms with Crippen molar-refractivity contribution in [3.8, 4) is 0 Å². The van der Waals surface area contributed by atoms with Gasteiger partial charge in [0.15, 0.2) is 0 Å². The number of halogens is 2. The maximum atomic E-state index is 12.0. The van der Waals surface area contributed by atoms with E-state index in [1.165, 1.54) is 11.8 Å². The average molecular weight is 351 g/mol. The van der Waals surface area contributed by atoms with Gasteiger partial charge in [0.05, 0.1) is 10.8 Å². The highest BCUT2D eigenvalue weighted by Crippen LogP contribution is 2.26. The van der Waals surface area contributed by atoms with Gasteiger partial charge in [-0.2, -0.15) is 0 Å². The second-order valence-corrected chi connectivity index (χ2v) is 6.66. The number of hydrogen-bond acceptors (Lipinski definition) is 3. The van der Waals surface area contributed by atoms with Gasteiger partial charge in [0.25, 0.3) is 0 Å². The van der Waals surface area contributed by atoms with Crippen LogP contribution in [0, 0.1) is 5.92 Å². The second-order valence-electron chi connectivity index (χ2n) is 5.23. The first-order chi connectivity index (χ1) is 9.41. The van der Waals surface area contributed by atoms with Crippen molar-refractivity contribution < 1.29 is 4.79 Å². The molecule has 120 valence electrons. The number of thioether (sulfide) groups is 1. The van der Waals surface area contributed by atoms with Crippen LogP contribution in [0.5, 0.6) is 0 Å². The highest BCUT2D eigenvalue weighted by atomic mass is 35.5. The SMILES string of the molecule is CC(C)C(N)CCN(C)C(=O)CSc1ccccc1Cl.Cl. The number of amides is 1. The molecule has 1 aromatic carbocycles. The number of benzene rings is 1. The zero-order chi connectivity index (χ0) is 15.1. The molecule has 21 heavy (non-hydrogen) atoms. The fourth-order valence-corrected chi connectivity index (χ4v) is 2.79. The third kappa shape index (κ3) is 7.41. The standard InChI is InChI=1S/C15H23ClN2OS.ClH/c1-11(2)13(17)8-9-18(3)15(19)10-20-14-7-5-4-6-12(14)16;/h4-7,11,13H,8-10,17H2,1-3H3;1H. The fraction of sp³-hybridized carbons (Fsp3) is 0.533. The van der Waals surface area contributed by atoms with Crippen LogP contribution >= 0.6 is 35.8 Å². The van der Waals surface area contributed by atoms with E-state index in [0.29, 0.717) is 23.2 Å². The molecule has 0 bridgehead atoms. The third-order valence-corrected chi connectivity index (χ3v) is 4.77. The molecule has 0 spiro atoms. The Kier molecular flexibility index (Phi) is 10.1. The first kappa shape index (κ1) is 20.6. The fourth-order valence-electron chi connectivity index (χ4n) is 1.61. The van der Waals surface area contributed by atoms with Crippen LogP contribution in [0.4, 0.5) is 0 Å². The molecule has 0 radical (unpaired) electrons. The lowest BCUT2D eigenvalue weighted by Gasteiger charge is -2.21. The van der Waals surface area contributed by atoms with Gasteiger partial charge in [0.1, 0.15) is 0 Å². The van der Waals surface area contributed by atoms with E-state index >= 15 is 0 Å². The lowest BCUT2D eigenvalue weighted by atomic mass is 10.0. The summed E-state index contributed by atoms with van der Waals surface area (Å²) in [6.07, 6.45) is 0.830. The summed E-state index contributed by atoms with van der Waals surface area (Å²) in [5.41, 5.74) is 5.99. The van der Waals surface area contributed by atoms with Crippen LogP contribution < -0.4 is 5.73 Å². The predicted octanol–water partition coefficient (Wildman–Crippen LogP) is 3.69. The molecule has 1 unspecified atom stereocenters. The number of carbonyl (C=O) groups is 1. The minimum absolute atomic E-state index is 0. The maximum absolute atomic E-state index is 12.0. The molecule has 0 fully saturated rings. The summed E-state index contributed by atoms with van der Waals surface area (Å²) < 4.78 is 0. The van der Waals surface area contributed by atoms with Gasteiger partial charge in [-0.05, 0) is 24.5 Å². The summed E-state index contributed by atoms with van der Waals surface area (Å²) in [5, 5.41) is 0.690. The monoisotopic (exact) mass is 350 g/mol. The molecule has 0 saturated carbocycles. The lowest BCUT2D eigenvalue weighted by molar-refractivity contribution is -0.127. The molecule has 0 heterocycles. The van der Waals surface area contributed by atoms with Crippen LogP contribution in [-0.4, -0.2) is 36.2 Å². The Bertz CT molecular complexity index is 443. The Hall–Kier alpha value is -0.420. The Morgan fingerprint density at radius 1 is 1.38 bits per heavy atom. The smallest absolute Gasteiger partial charge is 0.232 e. The van der Waals surface area contributed by atoms with Gasteiger partial charge in [-0.1, -0.05) is 37.6 Å². The van der Waals surface area contributed by atoms with Crippen molar-refractivity contribution >= 4 is 41.7 Å². The van der Waals surface area contributed by atoms with Crippen LogP contribution in [0.15, 0.2) is 29.2 Å². The number of rotatable bonds is 7.